The summed E-state index contributed by atoms with van der Waals surface area (Å²) in [6.45, 7) is 2.93. The van der Waals surface area contributed by atoms with E-state index < -0.39 is 5.20 Å². The highest BCUT2D eigenvalue weighted by Gasteiger charge is 2.03. The maximum Gasteiger partial charge on any atom is 0.257 e. The minimum absolute atomic E-state index is 0.345. The molecule has 0 heterocycles. The number of rotatable bonds is 8. The molecule has 108 valence electrons. The Balaban J connectivity index is 2.53. The van der Waals surface area contributed by atoms with Gasteiger partial charge in [0.1, 0.15) is 12.4 Å². The average molecular weight is 339 g/mol. The zero-order chi connectivity index (χ0) is 14.8. The molecule has 0 spiro atoms. The van der Waals surface area contributed by atoms with Crippen molar-refractivity contribution in [2.24, 2.45) is 0 Å². The van der Waals surface area contributed by atoms with Gasteiger partial charge in [0.2, 0.25) is 0 Å². The predicted octanol–water partition coefficient (Wildman–Crippen LogP) is 3.53. The Morgan fingerprint density at radius 2 is 2.30 bits per heavy atom. The average Bonchev–Trinajstić information content (AvgIpc) is 2.45. The lowest BCUT2D eigenvalue weighted by molar-refractivity contribution is 0.0242. The molecule has 0 aliphatic heterocycles. The third-order valence-corrected chi connectivity index (χ3v) is 3.07. The molecule has 0 radical (unpaired) electrons. The standard InChI is InChI=1S/C16H19BrO3/c1-4-10-19-12-13(2)8-9-14-6-5-7-15(11-14)20-16(17)18-3/h1,5-8,11,16H,9-10,12H2,2-3H3/b13-8+. The molecule has 0 bridgehead atoms. The van der Waals surface area contributed by atoms with Crippen LogP contribution in [0.25, 0.3) is 0 Å². The van der Waals surface area contributed by atoms with Gasteiger partial charge in [-0.15, -0.1) is 6.42 Å². The molecule has 4 heteroatoms. The van der Waals surface area contributed by atoms with Crippen molar-refractivity contribution in [3.8, 4) is 18.1 Å². The highest BCUT2D eigenvalue weighted by Crippen LogP contribution is 2.18. The fourth-order valence-electron chi connectivity index (χ4n) is 1.52. The molecule has 1 aromatic rings. The molecule has 0 saturated carbocycles. The number of methoxy groups -OCH3 is 1. The number of allylic oxidation sites excluding steroid dienone is 1. The molecule has 0 N–H and O–H groups in total. The molecular formula is C16H19BrO3. The smallest absolute Gasteiger partial charge is 0.257 e. The van der Waals surface area contributed by atoms with Crippen molar-refractivity contribution >= 4 is 15.9 Å². The van der Waals surface area contributed by atoms with Gasteiger partial charge in [0.25, 0.3) is 5.20 Å². The summed E-state index contributed by atoms with van der Waals surface area (Å²) in [4.78, 5) is 0. The largest absolute Gasteiger partial charge is 0.455 e. The number of terminal acetylenes is 1. The van der Waals surface area contributed by atoms with E-state index in [9.17, 15) is 0 Å². The van der Waals surface area contributed by atoms with Crippen molar-refractivity contribution < 1.29 is 14.2 Å². The fourth-order valence-corrected chi connectivity index (χ4v) is 1.74. The van der Waals surface area contributed by atoms with E-state index in [2.05, 4.69) is 34.0 Å². The topological polar surface area (TPSA) is 27.7 Å². The van der Waals surface area contributed by atoms with E-state index in [1.165, 1.54) is 0 Å². The zero-order valence-corrected chi connectivity index (χ0v) is 13.4. The first-order chi connectivity index (χ1) is 9.65. The number of ether oxygens (including phenoxy) is 3. The van der Waals surface area contributed by atoms with Crippen LogP contribution in [0.1, 0.15) is 12.5 Å². The summed E-state index contributed by atoms with van der Waals surface area (Å²) in [5.41, 5.74) is 2.32. The minimum Gasteiger partial charge on any atom is -0.455 e. The Kier molecular flexibility index (Phi) is 8.05. The zero-order valence-electron chi connectivity index (χ0n) is 11.8. The second-order valence-electron chi connectivity index (χ2n) is 4.23. The van der Waals surface area contributed by atoms with Crippen LogP contribution in [0.4, 0.5) is 0 Å². The second kappa shape index (κ2) is 9.60. The van der Waals surface area contributed by atoms with Crippen LogP contribution in [0.5, 0.6) is 5.75 Å². The van der Waals surface area contributed by atoms with Crippen LogP contribution < -0.4 is 4.74 Å². The Bertz CT molecular complexity index is 477. The van der Waals surface area contributed by atoms with Crippen molar-refractivity contribution in [3.63, 3.8) is 0 Å². The summed E-state index contributed by atoms with van der Waals surface area (Å²) in [5.74, 6) is 3.21. The fraction of sp³-hybridized carbons (Fsp3) is 0.375. The molecule has 20 heavy (non-hydrogen) atoms. The normalized spacial score (nSPS) is 12.8. The summed E-state index contributed by atoms with van der Waals surface area (Å²) in [7, 11) is 1.57. The lowest BCUT2D eigenvalue weighted by Gasteiger charge is -2.11. The van der Waals surface area contributed by atoms with E-state index in [-0.39, 0.29) is 0 Å². The van der Waals surface area contributed by atoms with E-state index in [4.69, 9.17) is 20.6 Å². The van der Waals surface area contributed by atoms with Crippen LogP contribution in [0.3, 0.4) is 0 Å². The third-order valence-electron chi connectivity index (χ3n) is 2.51. The van der Waals surface area contributed by atoms with E-state index >= 15 is 0 Å². The maximum atomic E-state index is 5.52. The molecule has 0 aromatic heterocycles. The molecule has 0 saturated heterocycles. The van der Waals surface area contributed by atoms with Gasteiger partial charge >= 0.3 is 0 Å². The van der Waals surface area contributed by atoms with Gasteiger partial charge in [-0.2, -0.15) is 0 Å². The van der Waals surface area contributed by atoms with Crippen molar-refractivity contribution in [1.29, 1.82) is 0 Å². The van der Waals surface area contributed by atoms with Gasteiger partial charge in [0.15, 0.2) is 0 Å². The SMILES string of the molecule is C#CCOC/C(C)=C/Cc1cccc(OC(Br)OC)c1. The van der Waals surface area contributed by atoms with Crippen LogP contribution in [-0.4, -0.2) is 25.5 Å². The Hall–Kier alpha value is -1.28. The van der Waals surface area contributed by atoms with Crippen molar-refractivity contribution in [2.75, 3.05) is 20.3 Å². The van der Waals surface area contributed by atoms with Gasteiger partial charge < -0.3 is 14.2 Å². The number of benzene rings is 1. The lowest BCUT2D eigenvalue weighted by Crippen LogP contribution is -2.09. The van der Waals surface area contributed by atoms with Crippen molar-refractivity contribution in [3.05, 3.63) is 41.5 Å². The van der Waals surface area contributed by atoms with Crippen molar-refractivity contribution in [1.82, 2.24) is 0 Å². The lowest BCUT2D eigenvalue weighted by atomic mass is 10.1. The molecular weight excluding hydrogens is 320 g/mol. The molecule has 0 amide bonds. The predicted molar refractivity (Wildman–Crippen MR) is 83.9 cm³/mol. The van der Waals surface area contributed by atoms with Crippen LogP contribution in [0.15, 0.2) is 35.9 Å². The second-order valence-corrected chi connectivity index (χ2v) is 4.97. The van der Waals surface area contributed by atoms with E-state index in [0.717, 1.165) is 23.3 Å². The van der Waals surface area contributed by atoms with E-state index in [0.29, 0.717) is 13.2 Å². The molecule has 1 unspecified atom stereocenters. The monoisotopic (exact) mass is 338 g/mol. The summed E-state index contributed by atoms with van der Waals surface area (Å²) in [6.07, 6.45) is 8.07. The van der Waals surface area contributed by atoms with Crippen LogP contribution >= 0.6 is 15.9 Å². The van der Waals surface area contributed by atoms with Gasteiger partial charge in [0.05, 0.1) is 6.61 Å². The molecule has 1 rings (SSSR count). The molecule has 3 nitrogen and oxygen atoms in total. The molecule has 0 aliphatic carbocycles. The minimum atomic E-state index is -0.438. The first-order valence-corrected chi connectivity index (χ1v) is 7.16. The van der Waals surface area contributed by atoms with E-state index in [1.807, 2.05) is 25.1 Å². The number of alkyl halides is 1. The first kappa shape index (κ1) is 16.8. The highest BCUT2D eigenvalue weighted by atomic mass is 79.9. The van der Waals surface area contributed by atoms with Gasteiger partial charge in [0, 0.05) is 7.11 Å². The van der Waals surface area contributed by atoms with Gasteiger partial charge in [-0.25, -0.2) is 0 Å². The van der Waals surface area contributed by atoms with Gasteiger partial charge in [-0.3, -0.25) is 0 Å². The van der Waals surface area contributed by atoms with Crippen LogP contribution in [0, 0.1) is 12.3 Å². The van der Waals surface area contributed by atoms with E-state index in [1.54, 1.807) is 7.11 Å². The molecule has 1 aromatic carbocycles. The molecule has 1 atom stereocenters. The third kappa shape index (κ3) is 6.76. The number of halogens is 1. The Labute approximate surface area is 129 Å². The summed E-state index contributed by atoms with van der Waals surface area (Å²) >= 11 is 3.25. The Morgan fingerprint density at radius 1 is 1.50 bits per heavy atom. The maximum absolute atomic E-state index is 5.52. The first-order valence-electron chi connectivity index (χ1n) is 6.25. The molecule has 0 fully saturated rings. The summed E-state index contributed by atoms with van der Waals surface area (Å²) in [5, 5.41) is -0.438. The Morgan fingerprint density at radius 3 is 3.00 bits per heavy atom. The summed E-state index contributed by atoms with van der Waals surface area (Å²) in [6, 6.07) is 7.88. The number of hydrogen-bond donors (Lipinski definition) is 0. The van der Waals surface area contributed by atoms with Crippen molar-refractivity contribution in [2.45, 2.75) is 18.5 Å². The quantitative estimate of drug-likeness (QED) is 0.238. The van der Waals surface area contributed by atoms with Crippen LogP contribution in [-0.2, 0) is 15.9 Å². The van der Waals surface area contributed by atoms with Crippen LogP contribution in [0.2, 0.25) is 0 Å². The highest BCUT2D eigenvalue weighted by molar-refractivity contribution is 9.09. The van der Waals surface area contributed by atoms with Gasteiger partial charge in [-0.1, -0.05) is 29.7 Å². The number of hydrogen-bond acceptors (Lipinski definition) is 3. The summed E-state index contributed by atoms with van der Waals surface area (Å²) < 4.78 is 15.8. The van der Waals surface area contributed by atoms with Gasteiger partial charge in [-0.05, 0) is 47.0 Å². The molecule has 0 aliphatic rings.